The average molecular weight is 361 g/mol. The van der Waals surface area contributed by atoms with Crippen molar-refractivity contribution in [1.29, 1.82) is 0 Å². The number of unbranched alkanes of at least 4 members (excludes halogenated alkanes) is 5. The van der Waals surface area contributed by atoms with Crippen LogP contribution in [-0.4, -0.2) is 16.3 Å². The molecule has 3 heteroatoms. The van der Waals surface area contributed by atoms with Gasteiger partial charge in [-0.05, 0) is 57.4 Å². The topological polar surface area (TPSA) is 35.0 Å². The number of hydrogen-bond donors (Lipinski definition) is 0. The van der Waals surface area contributed by atoms with E-state index in [-0.39, 0.29) is 6.10 Å². The van der Waals surface area contributed by atoms with E-state index in [0.29, 0.717) is 11.8 Å². The van der Waals surface area contributed by atoms with Gasteiger partial charge in [-0.2, -0.15) is 5.10 Å². The van der Waals surface area contributed by atoms with Crippen LogP contribution in [0.1, 0.15) is 116 Å². The summed E-state index contributed by atoms with van der Waals surface area (Å²) in [5.74, 6) is 2.23. The molecule has 0 radical (unpaired) electrons. The molecule has 1 aliphatic carbocycles. The smallest absolute Gasteiger partial charge is 0.233 e. The second-order valence-electron chi connectivity index (χ2n) is 8.29. The molecule has 1 aliphatic rings. The zero-order valence-corrected chi connectivity index (χ0v) is 17.4. The minimum Gasteiger partial charge on any atom is -0.474 e. The number of hydrogen-bond acceptors (Lipinski definition) is 3. The standard InChI is InChI=1S/C23H40N2O/c1-4-6-8-10-11-19(3)26-23-18-17-22(24-25-23)21-15-13-20(14-16-21)12-9-7-5-2/h17-21H,4-16H2,1-3H3/t19-,20?,21?/m1/s1. The van der Waals surface area contributed by atoms with Gasteiger partial charge in [0.1, 0.15) is 0 Å². The zero-order valence-electron chi connectivity index (χ0n) is 17.4. The van der Waals surface area contributed by atoms with E-state index in [1.54, 1.807) is 0 Å². The van der Waals surface area contributed by atoms with E-state index in [1.807, 2.05) is 6.07 Å². The Morgan fingerprint density at radius 3 is 2.31 bits per heavy atom. The first-order valence-electron chi connectivity index (χ1n) is 11.2. The fraction of sp³-hybridized carbons (Fsp3) is 0.826. The van der Waals surface area contributed by atoms with Gasteiger partial charge in [0.05, 0.1) is 11.8 Å². The van der Waals surface area contributed by atoms with Crippen LogP contribution in [0, 0.1) is 5.92 Å². The van der Waals surface area contributed by atoms with Crippen LogP contribution in [0.5, 0.6) is 5.88 Å². The van der Waals surface area contributed by atoms with Crippen molar-refractivity contribution in [3.63, 3.8) is 0 Å². The van der Waals surface area contributed by atoms with Gasteiger partial charge in [-0.25, -0.2) is 0 Å². The third-order valence-electron chi connectivity index (χ3n) is 5.93. The maximum Gasteiger partial charge on any atom is 0.233 e. The SMILES string of the molecule is CCCCCC[C@@H](C)Oc1ccc(C2CCC(CCCCC)CC2)nn1. The van der Waals surface area contributed by atoms with Crippen molar-refractivity contribution in [2.24, 2.45) is 5.92 Å². The second kappa shape index (κ2) is 12.3. The van der Waals surface area contributed by atoms with Crippen molar-refractivity contribution < 1.29 is 4.74 Å². The Morgan fingerprint density at radius 1 is 0.923 bits per heavy atom. The molecular weight excluding hydrogens is 320 g/mol. The van der Waals surface area contributed by atoms with E-state index in [1.165, 1.54) is 82.7 Å². The van der Waals surface area contributed by atoms with Crippen LogP contribution >= 0.6 is 0 Å². The lowest BCUT2D eigenvalue weighted by Gasteiger charge is -2.28. The molecule has 0 N–H and O–H groups in total. The quantitative estimate of drug-likeness (QED) is 0.374. The molecule has 1 saturated carbocycles. The van der Waals surface area contributed by atoms with Crippen molar-refractivity contribution in [3.05, 3.63) is 17.8 Å². The third kappa shape index (κ3) is 7.63. The molecule has 1 aromatic heterocycles. The predicted octanol–water partition coefficient (Wildman–Crippen LogP) is 7.07. The lowest BCUT2D eigenvalue weighted by molar-refractivity contribution is 0.195. The summed E-state index contributed by atoms with van der Waals surface area (Å²) in [7, 11) is 0. The molecule has 0 amide bonds. The Bertz CT molecular complexity index is 466. The Morgan fingerprint density at radius 2 is 1.65 bits per heavy atom. The summed E-state index contributed by atoms with van der Waals surface area (Å²) in [6, 6.07) is 4.17. The summed E-state index contributed by atoms with van der Waals surface area (Å²) >= 11 is 0. The molecule has 26 heavy (non-hydrogen) atoms. The molecule has 0 aliphatic heterocycles. The highest BCUT2D eigenvalue weighted by atomic mass is 16.5. The van der Waals surface area contributed by atoms with Crippen molar-refractivity contribution in [2.75, 3.05) is 0 Å². The van der Waals surface area contributed by atoms with Crippen LogP contribution in [0.4, 0.5) is 0 Å². The van der Waals surface area contributed by atoms with Crippen molar-refractivity contribution in [2.45, 2.75) is 116 Å². The lowest BCUT2D eigenvalue weighted by atomic mass is 9.78. The molecule has 1 atom stereocenters. The first kappa shape index (κ1) is 21.2. The Hall–Kier alpha value is -1.12. The summed E-state index contributed by atoms with van der Waals surface area (Å²) in [6.45, 7) is 6.67. The van der Waals surface area contributed by atoms with Gasteiger partial charge in [-0.3, -0.25) is 0 Å². The monoisotopic (exact) mass is 360 g/mol. The molecule has 1 fully saturated rings. The molecule has 1 aromatic rings. The molecule has 0 bridgehead atoms. The fourth-order valence-electron chi connectivity index (χ4n) is 4.16. The van der Waals surface area contributed by atoms with E-state index >= 15 is 0 Å². The summed E-state index contributed by atoms with van der Waals surface area (Å²) < 4.78 is 5.94. The van der Waals surface area contributed by atoms with Gasteiger partial charge in [0, 0.05) is 12.0 Å². The van der Waals surface area contributed by atoms with Gasteiger partial charge in [-0.15, -0.1) is 5.10 Å². The number of rotatable bonds is 12. The number of aromatic nitrogens is 2. The number of nitrogens with zero attached hydrogens (tertiary/aromatic N) is 2. The minimum atomic E-state index is 0.227. The predicted molar refractivity (Wildman–Crippen MR) is 110 cm³/mol. The fourth-order valence-corrected chi connectivity index (χ4v) is 4.16. The van der Waals surface area contributed by atoms with Crippen molar-refractivity contribution in [3.8, 4) is 5.88 Å². The van der Waals surface area contributed by atoms with Crippen LogP contribution in [0.2, 0.25) is 0 Å². The molecule has 0 spiro atoms. The largest absolute Gasteiger partial charge is 0.474 e. The minimum absolute atomic E-state index is 0.227. The van der Waals surface area contributed by atoms with Crippen molar-refractivity contribution in [1.82, 2.24) is 10.2 Å². The highest BCUT2D eigenvalue weighted by Crippen LogP contribution is 2.37. The van der Waals surface area contributed by atoms with E-state index < -0.39 is 0 Å². The maximum absolute atomic E-state index is 5.94. The zero-order chi connectivity index (χ0) is 18.6. The van der Waals surface area contributed by atoms with Gasteiger partial charge >= 0.3 is 0 Å². The van der Waals surface area contributed by atoms with Gasteiger partial charge in [0.15, 0.2) is 0 Å². The average Bonchev–Trinajstić information content (AvgIpc) is 2.67. The van der Waals surface area contributed by atoms with Crippen LogP contribution in [0.3, 0.4) is 0 Å². The Balaban J connectivity index is 1.70. The first-order chi connectivity index (χ1) is 12.7. The Labute approximate surface area is 161 Å². The highest BCUT2D eigenvalue weighted by Gasteiger charge is 2.23. The lowest BCUT2D eigenvalue weighted by Crippen LogP contribution is -2.16. The summed E-state index contributed by atoms with van der Waals surface area (Å²) in [5, 5.41) is 8.84. The molecule has 3 nitrogen and oxygen atoms in total. The van der Waals surface area contributed by atoms with Gasteiger partial charge < -0.3 is 4.74 Å². The molecule has 0 aromatic carbocycles. The summed E-state index contributed by atoms with van der Waals surface area (Å²) in [6.07, 6.45) is 17.3. The van der Waals surface area contributed by atoms with Crippen LogP contribution in [0.15, 0.2) is 12.1 Å². The maximum atomic E-state index is 5.94. The molecule has 1 heterocycles. The second-order valence-corrected chi connectivity index (χ2v) is 8.29. The Kier molecular flexibility index (Phi) is 10.0. The summed E-state index contributed by atoms with van der Waals surface area (Å²) in [4.78, 5) is 0. The van der Waals surface area contributed by atoms with Gasteiger partial charge in [0.25, 0.3) is 0 Å². The third-order valence-corrected chi connectivity index (χ3v) is 5.93. The van der Waals surface area contributed by atoms with Gasteiger partial charge in [-0.1, -0.05) is 58.8 Å². The van der Waals surface area contributed by atoms with Crippen molar-refractivity contribution >= 4 is 0 Å². The molecular formula is C23H40N2O. The van der Waals surface area contributed by atoms with E-state index in [4.69, 9.17) is 4.74 Å². The van der Waals surface area contributed by atoms with Crippen LogP contribution in [-0.2, 0) is 0 Å². The first-order valence-corrected chi connectivity index (χ1v) is 11.2. The van der Waals surface area contributed by atoms with Crippen LogP contribution in [0.25, 0.3) is 0 Å². The van der Waals surface area contributed by atoms with Crippen LogP contribution < -0.4 is 4.74 Å². The summed E-state index contributed by atoms with van der Waals surface area (Å²) in [5.41, 5.74) is 1.17. The normalized spacial score (nSPS) is 21.5. The van der Waals surface area contributed by atoms with Gasteiger partial charge in [0.2, 0.25) is 5.88 Å². The van der Waals surface area contributed by atoms with E-state index in [0.717, 1.165) is 12.3 Å². The molecule has 0 unspecified atom stereocenters. The van der Waals surface area contributed by atoms with E-state index in [2.05, 4.69) is 37.0 Å². The molecule has 148 valence electrons. The number of ether oxygens (including phenoxy) is 1. The molecule has 2 rings (SSSR count). The molecule has 0 saturated heterocycles. The highest BCUT2D eigenvalue weighted by molar-refractivity contribution is 5.15. The van der Waals surface area contributed by atoms with E-state index in [9.17, 15) is 0 Å².